The number of hydrogen-bond acceptors (Lipinski definition) is 3. The Morgan fingerprint density at radius 2 is 1.61 bits per heavy atom. The molecule has 2 aliphatic heterocycles. The van der Waals surface area contributed by atoms with Crippen molar-refractivity contribution in [1.82, 2.24) is 5.43 Å². The number of nitrogens with zero attached hydrogens (tertiary/aromatic N) is 2. The smallest absolute Gasteiger partial charge is 0.233 e. The third-order valence-electron chi connectivity index (χ3n) is 7.92. The average molecular weight is 533 g/mol. The molecule has 0 unspecified atom stereocenters. The number of para-hydroxylation sites is 2. The summed E-state index contributed by atoms with van der Waals surface area (Å²) in [6.07, 6.45) is 14.3. The molecule has 2 aromatic rings. The van der Waals surface area contributed by atoms with Gasteiger partial charge >= 0.3 is 0 Å². The molecule has 0 aromatic heterocycles. The zero-order valence-electron chi connectivity index (χ0n) is 23.3. The first-order valence-corrected chi connectivity index (χ1v) is 13.3. The summed E-state index contributed by atoms with van der Waals surface area (Å²) in [7, 11) is 2.15. The number of hydrogen-bond donors (Lipinski definition) is 2. The van der Waals surface area contributed by atoms with E-state index in [1.165, 1.54) is 33.9 Å². The van der Waals surface area contributed by atoms with Crippen molar-refractivity contribution in [3.63, 3.8) is 0 Å². The van der Waals surface area contributed by atoms with Gasteiger partial charge in [0.1, 0.15) is 7.05 Å². The molecule has 2 heterocycles. The zero-order chi connectivity index (χ0) is 26.6. The third kappa shape index (κ3) is 5.64. The fourth-order valence-corrected chi connectivity index (χ4v) is 5.85. The van der Waals surface area contributed by atoms with Gasteiger partial charge < -0.3 is 17.3 Å². The number of fused-ring (bicyclic) bond motifs is 2. The van der Waals surface area contributed by atoms with E-state index >= 15 is 0 Å². The number of anilines is 1. The van der Waals surface area contributed by atoms with Gasteiger partial charge in [-0.25, -0.2) is 5.84 Å². The number of rotatable bonds is 9. The Morgan fingerprint density at radius 1 is 0.921 bits per heavy atom. The zero-order valence-corrected chi connectivity index (χ0v) is 24.1. The molecule has 2 aromatic carbocycles. The Labute approximate surface area is 234 Å². The minimum absolute atomic E-state index is 0. The van der Waals surface area contributed by atoms with Gasteiger partial charge in [-0.1, -0.05) is 74.9 Å². The lowest BCUT2D eigenvalue weighted by Crippen LogP contribution is -3.00. The summed E-state index contributed by atoms with van der Waals surface area (Å²) in [6, 6.07) is 17.4. The van der Waals surface area contributed by atoms with E-state index in [-0.39, 0.29) is 29.1 Å². The molecule has 0 spiro atoms. The second-order valence-corrected chi connectivity index (χ2v) is 11.1. The van der Waals surface area contributed by atoms with Gasteiger partial charge in [0.25, 0.3) is 0 Å². The number of unbranched alkanes of at least 4 members (excludes halogenated alkanes) is 2. The molecule has 5 nitrogen and oxygen atoms in total. The Balaban J connectivity index is 0.00000400. The van der Waals surface area contributed by atoms with Crippen LogP contribution in [-0.4, -0.2) is 29.8 Å². The normalized spacial score (nSPS) is 18.3. The number of carbonyl (C=O) groups excluding carboxylic acids is 1. The van der Waals surface area contributed by atoms with Gasteiger partial charge in [0.05, 0.1) is 5.41 Å². The van der Waals surface area contributed by atoms with Gasteiger partial charge in [0.2, 0.25) is 11.6 Å². The van der Waals surface area contributed by atoms with Gasteiger partial charge in [0.15, 0.2) is 5.71 Å². The maximum absolute atomic E-state index is 11.4. The van der Waals surface area contributed by atoms with Crippen LogP contribution in [-0.2, 0) is 15.6 Å². The molecule has 0 radical (unpaired) electrons. The van der Waals surface area contributed by atoms with Crippen molar-refractivity contribution in [2.45, 2.75) is 64.2 Å². The summed E-state index contributed by atoms with van der Waals surface area (Å²) in [6.45, 7) is 10.1. The number of nitrogens with two attached hydrogens (primary N) is 1. The molecule has 4 rings (SSSR count). The molecule has 0 fully saturated rings. The van der Waals surface area contributed by atoms with Crippen LogP contribution in [0.3, 0.4) is 0 Å². The monoisotopic (exact) mass is 532 g/mol. The summed E-state index contributed by atoms with van der Waals surface area (Å²) in [4.78, 5) is 13.9. The van der Waals surface area contributed by atoms with E-state index < -0.39 is 0 Å². The topological polar surface area (TPSA) is 61.4 Å². The Bertz CT molecular complexity index is 1290. The molecule has 3 N–H and O–H groups in total. The van der Waals surface area contributed by atoms with E-state index in [0.717, 1.165) is 25.8 Å². The minimum Gasteiger partial charge on any atom is -1.00 e. The van der Waals surface area contributed by atoms with E-state index in [9.17, 15) is 4.79 Å². The van der Waals surface area contributed by atoms with Crippen LogP contribution in [0.15, 0.2) is 84.6 Å². The van der Waals surface area contributed by atoms with Crippen LogP contribution in [0.25, 0.3) is 0 Å². The van der Waals surface area contributed by atoms with Gasteiger partial charge in [-0.2, -0.15) is 4.58 Å². The largest absolute Gasteiger partial charge is 1.00 e. The first-order valence-electron chi connectivity index (χ1n) is 13.3. The number of benzene rings is 2. The predicted molar refractivity (Wildman–Crippen MR) is 154 cm³/mol. The van der Waals surface area contributed by atoms with Gasteiger partial charge in [-0.15, -0.1) is 0 Å². The number of allylic oxidation sites excluding steroid dienone is 6. The molecule has 1 amide bonds. The molecule has 202 valence electrons. The van der Waals surface area contributed by atoms with Crippen LogP contribution < -0.4 is 28.6 Å². The lowest BCUT2D eigenvalue weighted by Gasteiger charge is -2.27. The Morgan fingerprint density at radius 3 is 2.32 bits per heavy atom. The number of nitrogens with one attached hydrogen (secondary N) is 1. The van der Waals surface area contributed by atoms with Gasteiger partial charge in [-0.3, -0.25) is 10.2 Å². The minimum atomic E-state index is -0.0966. The fourth-order valence-electron chi connectivity index (χ4n) is 5.85. The molecule has 6 heteroatoms. The number of halogens is 1. The Kier molecular flexibility index (Phi) is 9.40. The molecule has 0 saturated carbocycles. The average Bonchev–Trinajstić information content (AvgIpc) is 3.22. The second kappa shape index (κ2) is 12.1. The van der Waals surface area contributed by atoms with Crippen LogP contribution in [0.2, 0.25) is 0 Å². The van der Waals surface area contributed by atoms with Crippen molar-refractivity contribution >= 4 is 23.0 Å². The second-order valence-electron chi connectivity index (χ2n) is 11.1. The standard InChI is InChI=1S/C32H40N4O.ClH/c1-31(2)24-16-11-13-18-26(24)35(5)28(31)20-8-6-9-21-29-32(3,4)25-17-12-14-19-27(25)36(29)23-15-7-10-22-30(37)34-33;/h6,8-9,11-14,16-21H,7,10,15,22-23,33H2,1-5H3;1H. The molecule has 0 bridgehead atoms. The van der Waals surface area contributed by atoms with Crippen molar-refractivity contribution in [3.05, 3.63) is 95.7 Å². The van der Waals surface area contributed by atoms with Crippen molar-refractivity contribution < 1.29 is 21.8 Å². The summed E-state index contributed by atoms with van der Waals surface area (Å²) in [5.41, 5.74) is 10.0. The number of amides is 1. The molecule has 2 aliphatic rings. The molecule has 38 heavy (non-hydrogen) atoms. The number of carbonyl (C=O) groups is 1. The predicted octanol–water partition coefficient (Wildman–Crippen LogP) is 3.04. The summed E-state index contributed by atoms with van der Waals surface area (Å²) < 4.78 is 2.30. The molecule has 0 saturated heterocycles. The summed E-state index contributed by atoms with van der Waals surface area (Å²) in [5.74, 6) is 5.10. The first kappa shape index (κ1) is 29.4. The van der Waals surface area contributed by atoms with E-state index in [0.29, 0.717) is 6.42 Å². The van der Waals surface area contributed by atoms with Crippen LogP contribution in [0, 0.1) is 0 Å². The van der Waals surface area contributed by atoms with Crippen molar-refractivity contribution in [1.29, 1.82) is 0 Å². The van der Waals surface area contributed by atoms with Crippen LogP contribution >= 0.6 is 0 Å². The molecular weight excluding hydrogens is 492 g/mol. The van der Waals surface area contributed by atoms with Gasteiger partial charge in [0, 0.05) is 47.5 Å². The lowest BCUT2D eigenvalue weighted by atomic mass is 9.81. The van der Waals surface area contributed by atoms with Gasteiger partial charge in [-0.05, 0) is 44.4 Å². The maximum atomic E-state index is 11.4. The van der Waals surface area contributed by atoms with E-state index in [1.807, 2.05) is 0 Å². The summed E-state index contributed by atoms with van der Waals surface area (Å²) in [5, 5.41) is 0. The van der Waals surface area contributed by atoms with Crippen molar-refractivity contribution in [3.8, 4) is 0 Å². The van der Waals surface area contributed by atoms with Crippen LogP contribution in [0.4, 0.5) is 11.4 Å². The molecule has 0 atom stereocenters. The quantitative estimate of drug-likeness (QED) is 0.130. The first-order chi connectivity index (χ1) is 17.7. The fraction of sp³-hybridized carbons (Fsp3) is 0.375. The number of hydrazine groups is 1. The van der Waals surface area contributed by atoms with E-state index in [1.54, 1.807) is 0 Å². The maximum Gasteiger partial charge on any atom is 0.233 e. The lowest BCUT2D eigenvalue weighted by molar-refractivity contribution is -0.401. The molecule has 0 aliphatic carbocycles. The SMILES string of the molecule is C[N+]1=C(C=CC=CC=C2N(CCCCCC(=O)NN)c3ccccc3C2(C)C)C(C)(C)c2ccccc21.[Cl-]. The highest BCUT2D eigenvalue weighted by atomic mass is 35.5. The van der Waals surface area contributed by atoms with E-state index in [4.69, 9.17) is 5.84 Å². The highest BCUT2D eigenvalue weighted by molar-refractivity contribution is 6.03. The highest BCUT2D eigenvalue weighted by Crippen LogP contribution is 2.47. The van der Waals surface area contributed by atoms with Crippen molar-refractivity contribution in [2.24, 2.45) is 5.84 Å². The van der Waals surface area contributed by atoms with Crippen LogP contribution in [0.5, 0.6) is 0 Å². The summed E-state index contributed by atoms with van der Waals surface area (Å²) >= 11 is 0. The van der Waals surface area contributed by atoms with Crippen LogP contribution in [0.1, 0.15) is 64.5 Å². The third-order valence-corrected chi connectivity index (χ3v) is 7.92. The van der Waals surface area contributed by atoms with Crippen molar-refractivity contribution in [2.75, 3.05) is 18.5 Å². The highest BCUT2D eigenvalue weighted by Gasteiger charge is 2.42. The molecular formula is C32H41ClN4O. The Hall–Kier alpha value is -3.15. The van der Waals surface area contributed by atoms with E-state index in [2.05, 4.69) is 129 Å².